The molecule has 4 rings (SSSR count). The van der Waals surface area contributed by atoms with E-state index in [-0.39, 0.29) is 17.4 Å². The molecular weight excluding hydrogens is 370 g/mol. The van der Waals surface area contributed by atoms with Crippen molar-refractivity contribution in [3.05, 3.63) is 39.8 Å². The Hall–Kier alpha value is -2.74. The summed E-state index contributed by atoms with van der Waals surface area (Å²) in [6, 6.07) is 5.71. The average Bonchev–Trinajstić information content (AvgIpc) is 3.52. The highest BCUT2D eigenvalue weighted by Crippen LogP contribution is 2.19. The second-order valence-corrected chi connectivity index (χ2v) is 7.86. The summed E-state index contributed by atoms with van der Waals surface area (Å²) >= 11 is 0. The number of rotatable bonds is 5. The maximum Gasteiger partial charge on any atom is 0.272 e. The Balaban J connectivity index is 1.43. The van der Waals surface area contributed by atoms with Crippen LogP contribution in [0, 0.1) is 6.92 Å². The number of carbonyl (C=O) groups excluding carboxylic acids is 2. The maximum absolute atomic E-state index is 13.0. The lowest BCUT2D eigenvalue weighted by Crippen LogP contribution is -2.51. The molecule has 8 nitrogen and oxygen atoms in total. The van der Waals surface area contributed by atoms with E-state index in [0.717, 1.165) is 18.4 Å². The van der Waals surface area contributed by atoms with Gasteiger partial charge in [0.05, 0.1) is 17.6 Å². The number of aryl methyl sites for hydroxylation is 2. The first-order valence-corrected chi connectivity index (χ1v) is 10.3. The quantitative estimate of drug-likeness (QED) is 0.805. The second kappa shape index (κ2) is 7.94. The smallest absolute Gasteiger partial charge is 0.272 e. The Labute approximate surface area is 169 Å². The van der Waals surface area contributed by atoms with Gasteiger partial charge >= 0.3 is 0 Å². The molecule has 2 aliphatic rings. The number of fused-ring (bicyclic) bond motifs is 1. The van der Waals surface area contributed by atoms with Crippen molar-refractivity contribution < 1.29 is 9.59 Å². The van der Waals surface area contributed by atoms with E-state index in [1.165, 1.54) is 0 Å². The van der Waals surface area contributed by atoms with Crippen LogP contribution in [0.2, 0.25) is 0 Å². The molecule has 29 heavy (non-hydrogen) atoms. The van der Waals surface area contributed by atoms with Gasteiger partial charge in [-0.25, -0.2) is 4.98 Å². The zero-order valence-electron chi connectivity index (χ0n) is 17.0. The summed E-state index contributed by atoms with van der Waals surface area (Å²) < 4.78 is 1.68. The highest BCUT2D eigenvalue weighted by Gasteiger charge is 2.26. The SMILES string of the molecule is CCn1c(=O)c(C)nc2cc(C(=O)N3CCN(CC(=O)NC4CC4)CC3)ccc21. The van der Waals surface area contributed by atoms with Crippen molar-refractivity contribution in [1.82, 2.24) is 24.7 Å². The number of piperazine rings is 1. The molecule has 1 aromatic carbocycles. The van der Waals surface area contributed by atoms with E-state index in [2.05, 4.69) is 15.2 Å². The minimum Gasteiger partial charge on any atom is -0.352 e. The predicted octanol–water partition coefficient (Wildman–Crippen LogP) is 0.761. The van der Waals surface area contributed by atoms with Gasteiger partial charge in [-0.1, -0.05) is 0 Å². The third-order valence-electron chi connectivity index (χ3n) is 5.64. The van der Waals surface area contributed by atoms with Gasteiger partial charge in [-0.3, -0.25) is 19.3 Å². The molecule has 1 aliphatic carbocycles. The first-order chi connectivity index (χ1) is 14.0. The minimum atomic E-state index is -0.0964. The molecule has 1 aromatic heterocycles. The fourth-order valence-electron chi connectivity index (χ4n) is 3.82. The molecular formula is C21H27N5O3. The Bertz CT molecular complexity index is 1000. The van der Waals surface area contributed by atoms with Crippen molar-refractivity contribution in [2.24, 2.45) is 0 Å². The van der Waals surface area contributed by atoms with Gasteiger partial charge in [-0.2, -0.15) is 0 Å². The summed E-state index contributed by atoms with van der Waals surface area (Å²) in [4.78, 5) is 45.5. The monoisotopic (exact) mass is 397 g/mol. The van der Waals surface area contributed by atoms with Gasteiger partial charge in [0.1, 0.15) is 5.69 Å². The predicted molar refractivity (Wildman–Crippen MR) is 110 cm³/mol. The lowest BCUT2D eigenvalue weighted by atomic mass is 10.1. The number of carbonyl (C=O) groups is 2. The fourth-order valence-corrected chi connectivity index (χ4v) is 3.82. The van der Waals surface area contributed by atoms with Crippen molar-refractivity contribution in [3.63, 3.8) is 0 Å². The first-order valence-electron chi connectivity index (χ1n) is 10.3. The highest BCUT2D eigenvalue weighted by atomic mass is 16.2. The third kappa shape index (κ3) is 4.17. The van der Waals surface area contributed by atoms with Gasteiger partial charge in [0, 0.05) is 44.3 Å². The molecule has 2 fully saturated rings. The second-order valence-electron chi connectivity index (χ2n) is 7.86. The number of hydrogen-bond donors (Lipinski definition) is 1. The molecule has 1 saturated carbocycles. The molecule has 8 heteroatoms. The van der Waals surface area contributed by atoms with Gasteiger partial charge < -0.3 is 14.8 Å². The van der Waals surface area contributed by atoms with Crippen molar-refractivity contribution in [1.29, 1.82) is 0 Å². The van der Waals surface area contributed by atoms with Crippen LogP contribution in [0.5, 0.6) is 0 Å². The van der Waals surface area contributed by atoms with Crippen LogP contribution < -0.4 is 10.9 Å². The summed E-state index contributed by atoms with van der Waals surface area (Å²) in [5.74, 6) is 0.0351. The van der Waals surface area contributed by atoms with E-state index in [0.29, 0.717) is 62.1 Å². The summed E-state index contributed by atoms with van der Waals surface area (Å²) in [5, 5.41) is 3.00. The van der Waals surface area contributed by atoms with Gasteiger partial charge in [0.15, 0.2) is 0 Å². The van der Waals surface area contributed by atoms with Crippen LogP contribution in [0.1, 0.15) is 35.8 Å². The lowest BCUT2D eigenvalue weighted by Gasteiger charge is -2.34. The summed E-state index contributed by atoms with van der Waals surface area (Å²) in [6.45, 7) is 7.12. The molecule has 2 aromatic rings. The lowest BCUT2D eigenvalue weighted by molar-refractivity contribution is -0.122. The zero-order chi connectivity index (χ0) is 20.5. The number of hydrogen-bond acceptors (Lipinski definition) is 5. The Kier molecular flexibility index (Phi) is 5.36. The Morgan fingerprint density at radius 3 is 2.55 bits per heavy atom. The highest BCUT2D eigenvalue weighted by molar-refractivity contribution is 5.97. The standard InChI is InChI=1S/C21H27N5O3/c1-3-26-18-7-4-15(12-17(18)22-14(2)20(26)28)21(29)25-10-8-24(9-11-25)13-19(27)23-16-5-6-16/h4,7,12,16H,3,5-6,8-11,13H2,1-2H3,(H,23,27). The van der Waals surface area contributed by atoms with E-state index >= 15 is 0 Å². The number of aromatic nitrogens is 2. The van der Waals surface area contributed by atoms with E-state index in [4.69, 9.17) is 0 Å². The van der Waals surface area contributed by atoms with Crippen LogP contribution >= 0.6 is 0 Å². The van der Waals surface area contributed by atoms with Gasteiger partial charge in [-0.15, -0.1) is 0 Å². The molecule has 0 radical (unpaired) electrons. The van der Waals surface area contributed by atoms with E-state index in [9.17, 15) is 14.4 Å². The largest absolute Gasteiger partial charge is 0.352 e. The molecule has 0 unspecified atom stereocenters. The zero-order valence-corrected chi connectivity index (χ0v) is 17.0. The van der Waals surface area contributed by atoms with Crippen molar-refractivity contribution in [2.45, 2.75) is 39.3 Å². The van der Waals surface area contributed by atoms with Crippen molar-refractivity contribution in [3.8, 4) is 0 Å². The van der Waals surface area contributed by atoms with Crippen LogP contribution in [0.4, 0.5) is 0 Å². The molecule has 0 bridgehead atoms. The van der Waals surface area contributed by atoms with Crippen LogP contribution in [0.25, 0.3) is 11.0 Å². The van der Waals surface area contributed by atoms with Gasteiger partial charge in [-0.05, 0) is 44.9 Å². The number of nitrogens with one attached hydrogen (secondary N) is 1. The van der Waals surface area contributed by atoms with Crippen LogP contribution in [-0.2, 0) is 11.3 Å². The molecule has 0 atom stereocenters. The number of nitrogens with zero attached hydrogens (tertiary/aromatic N) is 4. The number of amides is 2. The molecule has 0 spiro atoms. The topological polar surface area (TPSA) is 87.5 Å². The molecule has 2 amide bonds. The van der Waals surface area contributed by atoms with Crippen LogP contribution in [0.3, 0.4) is 0 Å². The fraction of sp³-hybridized carbons (Fsp3) is 0.524. The molecule has 1 aliphatic heterocycles. The third-order valence-corrected chi connectivity index (χ3v) is 5.64. The molecule has 2 heterocycles. The first kappa shape index (κ1) is 19.6. The summed E-state index contributed by atoms with van der Waals surface area (Å²) in [5.41, 5.74) is 2.31. The van der Waals surface area contributed by atoms with Crippen LogP contribution in [-0.4, -0.2) is 69.9 Å². The Morgan fingerprint density at radius 2 is 1.90 bits per heavy atom. The summed E-state index contributed by atoms with van der Waals surface area (Å²) in [7, 11) is 0. The van der Waals surface area contributed by atoms with E-state index in [1.807, 2.05) is 11.8 Å². The number of benzene rings is 1. The molecule has 1 saturated heterocycles. The normalized spacial score (nSPS) is 17.5. The maximum atomic E-state index is 13.0. The average molecular weight is 397 g/mol. The van der Waals surface area contributed by atoms with Crippen molar-refractivity contribution >= 4 is 22.8 Å². The van der Waals surface area contributed by atoms with E-state index < -0.39 is 0 Å². The minimum absolute atomic E-state index is 0.0392. The van der Waals surface area contributed by atoms with Crippen LogP contribution in [0.15, 0.2) is 23.0 Å². The molecule has 154 valence electrons. The van der Waals surface area contributed by atoms with Gasteiger partial charge in [0.25, 0.3) is 11.5 Å². The van der Waals surface area contributed by atoms with E-state index in [1.54, 1.807) is 29.7 Å². The Morgan fingerprint density at radius 1 is 1.17 bits per heavy atom. The molecule has 1 N–H and O–H groups in total. The van der Waals surface area contributed by atoms with Crippen molar-refractivity contribution in [2.75, 3.05) is 32.7 Å². The summed E-state index contributed by atoms with van der Waals surface area (Å²) in [6.07, 6.45) is 2.17. The van der Waals surface area contributed by atoms with Gasteiger partial charge in [0.2, 0.25) is 5.91 Å².